The maximum Gasteiger partial charge on any atom is 0.235 e. The van der Waals surface area contributed by atoms with Crippen molar-refractivity contribution in [1.29, 1.82) is 0 Å². The first-order chi connectivity index (χ1) is 9.35. The Morgan fingerprint density at radius 3 is 2.30 bits per heavy atom. The van der Waals surface area contributed by atoms with Gasteiger partial charge < -0.3 is 10.6 Å². The second-order valence-corrected chi connectivity index (χ2v) is 7.23. The van der Waals surface area contributed by atoms with E-state index in [-0.39, 0.29) is 5.25 Å². The molecule has 1 atom stereocenters. The van der Waals surface area contributed by atoms with Gasteiger partial charge in [-0.2, -0.15) is 0 Å². The van der Waals surface area contributed by atoms with Gasteiger partial charge in [-0.3, -0.25) is 4.72 Å². The number of hydrogen-bond donors (Lipinski definition) is 2. The summed E-state index contributed by atoms with van der Waals surface area (Å²) in [6, 6.07) is 6.74. The van der Waals surface area contributed by atoms with Gasteiger partial charge in [0.05, 0.1) is 5.25 Å². The number of anilines is 2. The molecule has 0 saturated carbocycles. The fourth-order valence-electron chi connectivity index (χ4n) is 1.98. The van der Waals surface area contributed by atoms with E-state index in [0.717, 1.165) is 13.0 Å². The molecule has 0 heterocycles. The van der Waals surface area contributed by atoms with E-state index in [0.29, 0.717) is 24.2 Å². The minimum atomic E-state index is -3.36. The summed E-state index contributed by atoms with van der Waals surface area (Å²) >= 11 is 0. The van der Waals surface area contributed by atoms with E-state index in [1.165, 1.54) is 0 Å². The number of benzene rings is 1. The minimum absolute atomic E-state index is 0.368. The summed E-state index contributed by atoms with van der Waals surface area (Å²) in [5.74, 6) is 0. The lowest BCUT2D eigenvalue weighted by Crippen LogP contribution is -2.31. The zero-order chi connectivity index (χ0) is 15.2. The largest absolute Gasteiger partial charge is 0.399 e. The molecule has 3 N–H and O–H groups in total. The molecule has 1 aromatic carbocycles. The Bertz CT molecular complexity index is 498. The second-order valence-electron chi connectivity index (χ2n) is 5.27. The van der Waals surface area contributed by atoms with E-state index in [4.69, 9.17) is 5.73 Å². The van der Waals surface area contributed by atoms with Gasteiger partial charge in [0, 0.05) is 11.4 Å². The van der Waals surface area contributed by atoms with Crippen molar-refractivity contribution in [2.24, 2.45) is 0 Å². The number of sulfonamides is 1. The van der Waals surface area contributed by atoms with Crippen LogP contribution in [0.15, 0.2) is 24.3 Å². The number of hydrogen-bond acceptors (Lipinski definition) is 4. The third-order valence-electron chi connectivity index (χ3n) is 3.12. The first-order valence-electron chi connectivity index (χ1n) is 6.87. The van der Waals surface area contributed by atoms with E-state index in [1.54, 1.807) is 24.3 Å². The molecule has 0 radical (unpaired) electrons. The normalized spacial score (nSPS) is 13.4. The molecule has 0 bridgehead atoms. The topological polar surface area (TPSA) is 75.4 Å². The van der Waals surface area contributed by atoms with Crippen LogP contribution in [-0.4, -0.2) is 39.2 Å². The third kappa shape index (κ3) is 5.38. The summed E-state index contributed by atoms with van der Waals surface area (Å²) < 4.78 is 27.5. The van der Waals surface area contributed by atoms with Crippen LogP contribution in [0.2, 0.25) is 0 Å². The Morgan fingerprint density at radius 1 is 1.20 bits per heavy atom. The van der Waals surface area contributed by atoms with Crippen molar-refractivity contribution >= 4 is 21.4 Å². The monoisotopic (exact) mass is 299 g/mol. The van der Waals surface area contributed by atoms with E-state index >= 15 is 0 Å². The Kier molecular flexibility index (Phi) is 6.29. The van der Waals surface area contributed by atoms with Crippen LogP contribution < -0.4 is 10.5 Å². The average Bonchev–Trinajstić information content (AvgIpc) is 2.36. The predicted octanol–water partition coefficient (Wildman–Crippen LogP) is 2.13. The van der Waals surface area contributed by atoms with Gasteiger partial charge in [-0.1, -0.05) is 13.3 Å². The standard InChI is InChI=1S/C14H25N3O2S/c1-4-5-14(10-11-17(2)3)20(18,19)16-13-8-6-12(15)7-9-13/h6-9,14,16H,4-5,10-11,15H2,1-3H3. The van der Waals surface area contributed by atoms with Crippen LogP contribution in [0, 0.1) is 0 Å². The summed E-state index contributed by atoms with van der Waals surface area (Å²) in [5.41, 5.74) is 6.77. The van der Waals surface area contributed by atoms with Crippen molar-refractivity contribution in [3.05, 3.63) is 24.3 Å². The quantitative estimate of drug-likeness (QED) is 0.721. The van der Waals surface area contributed by atoms with E-state index in [2.05, 4.69) is 4.72 Å². The SMILES string of the molecule is CCCC(CCN(C)C)S(=O)(=O)Nc1ccc(N)cc1. The molecular weight excluding hydrogens is 274 g/mol. The summed E-state index contributed by atoms with van der Waals surface area (Å²) in [6.07, 6.45) is 2.14. The van der Waals surface area contributed by atoms with Gasteiger partial charge in [-0.25, -0.2) is 8.42 Å². The summed E-state index contributed by atoms with van der Waals surface area (Å²) in [5, 5.41) is -0.368. The highest BCUT2D eigenvalue weighted by Crippen LogP contribution is 2.18. The van der Waals surface area contributed by atoms with Crippen LogP contribution in [0.4, 0.5) is 11.4 Å². The highest BCUT2D eigenvalue weighted by atomic mass is 32.2. The third-order valence-corrected chi connectivity index (χ3v) is 4.99. The number of nitrogens with two attached hydrogens (primary N) is 1. The molecule has 0 saturated heterocycles. The van der Waals surface area contributed by atoms with Crippen LogP contribution >= 0.6 is 0 Å². The first kappa shape index (κ1) is 16.8. The van der Waals surface area contributed by atoms with Crippen LogP contribution in [0.5, 0.6) is 0 Å². The minimum Gasteiger partial charge on any atom is -0.399 e. The maximum atomic E-state index is 12.4. The molecular formula is C14H25N3O2S. The Balaban J connectivity index is 2.78. The molecule has 0 amide bonds. The van der Waals surface area contributed by atoms with Crippen LogP contribution in [0.25, 0.3) is 0 Å². The summed E-state index contributed by atoms with van der Waals surface area (Å²) in [7, 11) is 0.531. The molecule has 0 fully saturated rings. The molecule has 5 nitrogen and oxygen atoms in total. The van der Waals surface area contributed by atoms with E-state index in [9.17, 15) is 8.42 Å². The lowest BCUT2D eigenvalue weighted by atomic mass is 10.2. The zero-order valence-electron chi connectivity index (χ0n) is 12.5. The molecule has 0 aliphatic carbocycles. The zero-order valence-corrected chi connectivity index (χ0v) is 13.3. The summed E-state index contributed by atoms with van der Waals surface area (Å²) in [4.78, 5) is 2.00. The average molecular weight is 299 g/mol. The Labute approximate surface area is 122 Å². The lowest BCUT2D eigenvalue weighted by molar-refractivity contribution is 0.390. The smallest absolute Gasteiger partial charge is 0.235 e. The number of nitrogens with zero attached hydrogens (tertiary/aromatic N) is 1. The van der Waals surface area contributed by atoms with Crippen molar-refractivity contribution in [3.63, 3.8) is 0 Å². The van der Waals surface area contributed by atoms with Crippen molar-refractivity contribution in [2.75, 3.05) is 31.1 Å². The van der Waals surface area contributed by atoms with E-state index < -0.39 is 10.0 Å². The molecule has 1 unspecified atom stereocenters. The van der Waals surface area contributed by atoms with Gasteiger partial charge in [-0.05, 0) is 57.7 Å². The van der Waals surface area contributed by atoms with Gasteiger partial charge in [-0.15, -0.1) is 0 Å². The summed E-state index contributed by atoms with van der Waals surface area (Å²) in [6.45, 7) is 2.76. The van der Waals surface area contributed by atoms with Crippen molar-refractivity contribution in [3.8, 4) is 0 Å². The van der Waals surface area contributed by atoms with Gasteiger partial charge in [0.25, 0.3) is 0 Å². The fraction of sp³-hybridized carbons (Fsp3) is 0.571. The van der Waals surface area contributed by atoms with Crippen LogP contribution in [-0.2, 0) is 10.0 Å². The Morgan fingerprint density at radius 2 is 1.80 bits per heavy atom. The van der Waals surface area contributed by atoms with E-state index in [1.807, 2.05) is 25.9 Å². The van der Waals surface area contributed by atoms with Crippen molar-refractivity contribution in [2.45, 2.75) is 31.4 Å². The molecule has 1 rings (SSSR count). The lowest BCUT2D eigenvalue weighted by Gasteiger charge is -2.20. The molecule has 0 aliphatic rings. The van der Waals surface area contributed by atoms with Gasteiger partial charge in [0.15, 0.2) is 0 Å². The van der Waals surface area contributed by atoms with Crippen molar-refractivity contribution in [1.82, 2.24) is 4.90 Å². The molecule has 114 valence electrons. The first-order valence-corrected chi connectivity index (χ1v) is 8.41. The number of nitrogens with one attached hydrogen (secondary N) is 1. The van der Waals surface area contributed by atoms with Crippen LogP contribution in [0.3, 0.4) is 0 Å². The molecule has 0 aromatic heterocycles. The fourth-order valence-corrected chi connectivity index (χ4v) is 3.57. The molecule has 1 aromatic rings. The van der Waals surface area contributed by atoms with Crippen LogP contribution in [0.1, 0.15) is 26.2 Å². The van der Waals surface area contributed by atoms with Gasteiger partial charge in [0.1, 0.15) is 0 Å². The second kappa shape index (κ2) is 7.50. The van der Waals surface area contributed by atoms with Gasteiger partial charge in [0.2, 0.25) is 10.0 Å². The van der Waals surface area contributed by atoms with Crippen molar-refractivity contribution < 1.29 is 8.42 Å². The molecule has 0 aliphatic heterocycles. The molecule has 20 heavy (non-hydrogen) atoms. The maximum absolute atomic E-state index is 12.4. The number of rotatable bonds is 8. The van der Waals surface area contributed by atoms with Gasteiger partial charge >= 0.3 is 0 Å². The predicted molar refractivity (Wildman–Crippen MR) is 85.3 cm³/mol. The highest BCUT2D eigenvalue weighted by molar-refractivity contribution is 7.93. The molecule has 0 spiro atoms. The highest BCUT2D eigenvalue weighted by Gasteiger charge is 2.24. The molecule has 6 heteroatoms. The number of nitrogen functional groups attached to an aromatic ring is 1. The Hall–Kier alpha value is -1.27.